The maximum absolute atomic E-state index is 14.2. The zero-order valence-electron chi connectivity index (χ0n) is 16.7. The number of hydrogen-bond donors (Lipinski definition) is 0. The van der Waals surface area contributed by atoms with Gasteiger partial charge in [0.05, 0.1) is 31.8 Å². The Kier molecular flexibility index (Phi) is 5.46. The van der Waals surface area contributed by atoms with Crippen molar-refractivity contribution in [3.8, 4) is 17.3 Å². The Hall–Kier alpha value is -2.97. The molecule has 154 valence electrons. The van der Waals surface area contributed by atoms with Gasteiger partial charge < -0.3 is 14.0 Å². The minimum absolute atomic E-state index is 0.0789. The topological polar surface area (TPSA) is 88.1 Å². The molecule has 4 rings (SSSR count). The fraction of sp³-hybridized carbons (Fsp3) is 0.500. The van der Waals surface area contributed by atoms with Crippen LogP contribution in [-0.4, -0.2) is 38.1 Å². The van der Waals surface area contributed by atoms with Gasteiger partial charge in [-0.1, -0.05) is 19.0 Å². The third-order valence-electron chi connectivity index (χ3n) is 5.12. The zero-order valence-corrected chi connectivity index (χ0v) is 16.7. The van der Waals surface area contributed by atoms with Crippen LogP contribution >= 0.6 is 0 Å². The second kappa shape index (κ2) is 8.18. The van der Waals surface area contributed by atoms with Crippen LogP contribution in [0.5, 0.6) is 11.6 Å². The van der Waals surface area contributed by atoms with Crippen molar-refractivity contribution >= 4 is 0 Å². The molecule has 3 heterocycles. The number of ether oxygens (including phenoxy) is 2. The summed E-state index contributed by atoms with van der Waals surface area (Å²) < 4.78 is 32.0. The van der Waals surface area contributed by atoms with Gasteiger partial charge in [-0.05, 0) is 25.7 Å². The van der Waals surface area contributed by atoms with E-state index in [1.165, 1.54) is 24.1 Å². The first-order chi connectivity index (χ1) is 14.0. The lowest BCUT2D eigenvalue weighted by atomic mass is 9.87. The van der Waals surface area contributed by atoms with E-state index in [2.05, 4.69) is 20.2 Å². The molecule has 3 aromatic heterocycles. The SMILES string of the molecule is COc1cc(F)c(-n2cc(OC3CCC(c4nc(C(C)C)no4)CC3)cn2)cn1. The molecule has 0 amide bonds. The molecule has 0 bridgehead atoms. The zero-order chi connectivity index (χ0) is 20.4. The molecule has 1 aliphatic carbocycles. The van der Waals surface area contributed by atoms with Crippen LogP contribution in [0.25, 0.3) is 5.69 Å². The normalized spacial score (nSPS) is 19.5. The summed E-state index contributed by atoms with van der Waals surface area (Å²) >= 11 is 0. The van der Waals surface area contributed by atoms with E-state index in [4.69, 9.17) is 14.0 Å². The minimum Gasteiger partial charge on any atom is -0.487 e. The Morgan fingerprint density at radius 1 is 1.21 bits per heavy atom. The Morgan fingerprint density at radius 3 is 2.66 bits per heavy atom. The molecular weight excluding hydrogens is 377 g/mol. The van der Waals surface area contributed by atoms with Gasteiger partial charge in [-0.25, -0.2) is 14.1 Å². The predicted octanol–water partition coefficient (Wildman–Crippen LogP) is 4.03. The maximum atomic E-state index is 14.2. The van der Waals surface area contributed by atoms with Crippen molar-refractivity contribution < 1.29 is 18.4 Å². The molecular formula is C20H24FN5O3. The van der Waals surface area contributed by atoms with E-state index in [9.17, 15) is 4.39 Å². The largest absolute Gasteiger partial charge is 0.487 e. The van der Waals surface area contributed by atoms with E-state index >= 15 is 0 Å². The summed E-state index contributed by atoms with van der Waals surface area (Å²) in [5, 5.41) is 8.24. The van der Waals surface area contributed by atoms with Crippen molar-refractivity contribution in [2.75, 3.05) is 7.11 Å². The van der Waals surface area contributed by atoms with Crippen LogP contribution in [-0.2, 0) is 0 Å². The number of pyridine rings is 1. The first-order valence-electron chi connectivity index (χ1n) is 9.78. The van der Waals surface area contributed by atoms with Gasteiger partial charge in [-0.15, -0.1) is 0 Å². The van der Waals surface area contributed by atoms with E-state index < -0.39 is 5.82 Å². The van der Waals surface area contributed by atoms with Gasteiger partial charge in [0.15, 0.2) is 17.4 Å². The van der Waals surface area contributed by atoms with Crippen LogP contribution < -0.4 is 9.47 Å². The Morgan fingerprint density at radius 2 is 2.00 bits per heavy atom. The second-order valence-corrected chi connectivity index (χ2v) is 7.54. The third kappa shape index (κ3) is 4.23. The van der Waals surface area contributed by atoms with Crippen LogP contribution in [0, 0.1) is 5.82 Å². The van der Waals surface area contributed by atoms with Crippen LogP contribution in [0.15, 0.2) is 29.2 Å². The van der Waals surface area contributed by atoms with Crippen molar-refractivity contribution in [3.05, 3.63) is 42.2 Å². The molecule has 1 fully saturated rings. The Bertz CT molecular complexity index is 963. The highest BCUT2D eigenvalue weighted by Crippen LogP contribution is 2.34. The fourth-order valence-electron chi connectivity index (χ4n) is 3.45. The van der Waals surface area contributed by atoms with Crippen LogP contribution in [0.2, 0.25) is 0 Å². The van der Waals surface area contributed by atoms with Gasteiger partial charge in [0.25, 0.3) is 0 Å². The van der Waals surface area contributed by atoms with Crippen molar-refractivity contribution in [2.45, 2.75) is 57.5 Å². The lowest BCUT2D eigenvalue weighted by Crippen LogP contribution is -2.23. The summed E-state index contributed by atoms with van der Waals surface area (Å²) in [6.45, 7) is 4.10. The molecule has 0 atom stereocenters. The summed E-state index contributed by atoms with van der Waals surface area (Å²) in [6, 6.07) is 1.22. The molecule has 0 radical (unpaired) electrons. The smallest absolute Gasteiger partial charge is 0.229 e. The molecule has 1 saturated carbocycles. The molecule has 0 aliphatic heterocycles. The van der Waals surface area contributed by atoms with Gasteiger partial charge >= 0.3 is 0 Å². The molecule has 1 aliphatic rings. The number of rotatable bonds is 6. The first-order valence-corrected chi connectivity index (χ1v) is 9.78. The van der Waals surface area contributed by atoms with Gasteiger partial charge in [0.2, 0.25) is 11.8 Å². The highest BCUT2D eigenvalue weighted by atomic mass is 19.1. The number of hydrogen-bond acceptors (Lipinski definition) is 7. The van der Waals surface area contributed by atoms with Crippen LogP contribution in [0.4, 0.5) is 4.39 Å². The Balaban J connectivity index is 1.35. The minimum atomic E-state index is -0.465. The first kappa shape index (κ1) is 19.4. The van der Waals surface area contributed by atoms with Gasteiger partial charge in [0, 0.05) is 17.9 Å². The number of nitrogens with zero attached hydrogens (tertiary/aromatic N) is 5. The summed E-state index contributed by atoms with van der Waals surface area (Å²) in [7, 11) is 1.44. The summed E-state index contributed by atoms with van der Waals surface area (Å²) in [5.41, 5.74) is 0.238. The van der Waals surface area contributed by atoms with Crippen molar-refractivity contribution in [1.82, 2.24) is 24.9 Å². The Labute approximate surface area is 168 Å². The molecule has 8 nitrogen and oxygen atoms in total. The monoisotopic (exact) mass is 401 g/mol. The second-order valence-electron chi connectivity index (χ2n) is 7.54. The van der Waals surface area contributed by atoms with E-state index in [0.717, 1.165) is 37.4 Å². The van der Waals surface area contributed by atoms with Crippen molar-refractivity contribution in [3.63, 3.8) is 0 Å². The van der Waals surface area contributed by atoms with Crippen molar-refractivity contribution in [2.24, 2.45) is 0 Å². The fourth-order valence-corrected chi connectivity index (χ4v) is 3.45. The quantitative estimate of drug-likeness (QED) is 0.616. The molecule has 29 heavy (non-hydrogen) atoms. The van der Waals surface area contributed by atoms with E-state index in [0.29, 0.717) is 5.75 Å². The summed E-state index contributed by atoms with van der Waals surface area (Å²) in [5.74, 6) is 2.37. The predicted molar refractivity (Wildman–Crippen MR) is 102 cm³/mol. The summed E-state index contributed by atoms with van der Waals surface area (Å²) in [6.07, 6.45) is 8.32. The van der Waals surface area contributed by atoms with Gasteiger partial charge in [-0.2, -0.15) is 10.1 Å². The lowest BCUT2D eigenvalue weighted by molar-refractivity contribution is 0.139. The van der Waals surface area contributed by atoms with E-state index in [-0.39, 0.29) is 29.5 Å². The molecule has 0 saturated heterocycles. The van der Waals surface area contributed by atoms with Gasteiger partial charge in [0.1, 0.15) is 5.69 Å². The molecule has 0 aromatic carbocycles. The average Bonchev–Trinajstić information content (AvgIpc) is 3.38. The number of aromatic nitrogens is 5. The maximum Gasteiger partial charge on any atom is 0.229 e. The number of methoxy groups -OCH3 is 1. The molecule has 9 heteroatoms. The van der Waals surface area contributed by atoms with Crippen LogP contribution in [0.3, 0.4) is 0 Å². The molecule has 0 unspecified atom stereocenters. The molecule has 0 spiro atoms. The number of halogens is 1. The standard InChI is InChI=1S/C20H24FN5O3/c1-12(2)19-24-20(29-25-19)13-4-6-14(7-5-13)28-15-9-23-26(11-15)17-10-22-18(27-3)8-16(17)21/h8-14H,4-7H2,1-3H3. The average molecular weight is 401 g/mol. The highest BCUT2D eigenvalue weighted by Gasteiger charge is 2.28. The van der Waals surface area contributed by atoms with Crippen molar-refractivity contribution in [1.29, 1.82) is 0 Å². The summed E-state index contributed by atoms with van der Waals surface area (Å²) in [4.78, 5) is 8.54. The highest BCUT2D eigenvalue weighted by molar-refractivity contribution is 5.34. The van der Waals surface area contributed by atoms with Gasteiger partial charge in [-0.3, -0.25) is 0 Å². The van der Waals surface area contributed by atoms with E-state index in [1.54, 1.807) is 12.4 Å². The lowest BCUT2D eigenvalue weighted by Gasteiger charge is -2.26. The molecule has 0 N–H and O–H groups in total. The third-order valence-corrected chi connectivity index (χ3v) is 5.12. The van der Waals surface area contributed by atoms with E-state index in [1.807, 2.05) is 13.8 Å². The molecule has 3 aromatic rings. The van der Waals surface area contributed by atoms with Crippen LogP contribution in [0.1, 0.15) is 63.1 Å².